The van der Waals surface area contributed by atoms with Gasteiger partial charge in [0.25, 0.3) is 0 Å². The van der Waals surface area contributed by atoms with Crippen molar-refractivity contribution in [2.24, 2.45) is 5.73 Å². The number of urea groups is 1. The maximum Gasteiger partial charge on any atom is 0.410 e. The number of rotatable bonds is 8. The number of methoxy groups -OCH3 is 1. The summed E-state index contributed by atoms with van der Waals surface area (Å²) in [5.74, 6) is 0.569. The van der Waals surface area contributed by atoms with Crippen LogP contribution in [0.2, 0.25) is 0 Å². The lowest BCUT2D eigenvalue weighted by Crippen LogP contribution is -2.40. The van der Waals surface area contributed by atoms with Crippen molar-refractivity contribution < 1.29 is 27.4 Å². The highest BCUT2D eigenvalue weighted by atomic mass is 19.4. The summed E-state index contributed by atoms with van der Waals surface area (Å²) < 4.78 is 50.3. The molecule has 2 aromatic rings. The van der Waals surface area contributed by atoms with E-state index in [1.807, 2.05) is 12.2 Å². The van der Waals surface area contributed by atoms with Crippen LogP contribution in [0, 0.1) is 0 Å². The van der Waals surface area contributed by atoms with Crippen LogP contribution in [0.25, 0.3) is 11.0 Å². The SMILES string of the molecule is COC[C@H](c1ccc2[nH]c([C@@H](N)[C@@H](C)OC3CC3)nc2c1)N1C[C@@H](C(F)(F)F)NC1=O. The Kier molecular flexibility index (Phi) is 5.84. The van der Waals surface area contributed by atoms with Crippen molar-refractivity contribution in [3.63, 3.8) is 0 Å². The number of nitrogens with two attached hydrogens (primary N) is 1. The molecule has 0 radical (unpaired) electrons. The van der Waals surface area contributed by atoms with E-state index in [2.05, 4.69) is 9.97 Å². The molecule has 4 N–H and O–H groups in total. The summed E-state index contributed by atoms with van der Waals surface area (Å²) in [6, 6.07) is 1.45. The van der Waals surface area contributed by atoms with Crippen molar-refractivity contribution >= 4 is 17.1 Å². The Hall–Kier alpha value is -2.37. The Morgan fingerprint density at radius 3 is 2.71 bits per heavy atom. The molecule has 1 saturated carbocycles. The van der Waals surface area contributed by atoms with Gasteiger partial charge in [-0.3, -0.25) is 0 Å². The molecule has 4 atom stereocenters. The predicted molar refractivity (Wildman–Crippen MR) is 106 cm³/mol. The molecule has 11 heteroatoms. The molecule has 0 bridgehead atoms. The number of alkyl halides is 3. The standard InChI is InChI=1S/C20H26F3N5O3/c1-10(31-12-4-5-12)17(24)18-25-13-6-3-11(7-14(13)26-18)15(9-30-2)28-8-16(20(21,22)23)27-19(28)29/h3,6-7,10,12,15-17H,4-5,8-9,24H2,1-2H3,(H,25,26)(H,27,29)/t10-,15-,16+,17+/m1/s1. The number of ether oxygens (including phenoxy) is 2. The Bertz CT molecular complexity index is 946. The van der Waals surface area contributed by atoms with Crippen LogP contribution in [0.1, 0.15) is 43.2 Å². The zero-order valence-electron chi connectivity index (χ0n) is 17.3. The van der Waals surface area contributed by atoms with Gasteiger partial charge in [0.05, 0.1) is 48.5 Å². The number of carbonyl (C=O) groups excluding carboxylic acids is 1. The van der Waals surface area contributed by atoms with Gasteiger partial charge in [0.1, 0.15) is 11.9 Å². The van der Waals surface area contributed by atoms with Crippen molar-refractivity contribution in [3.8, 4) is 0 Å². The van der Waals surface area contributed by atoms with Gasteiger partial charge >= 0.3 is 12.2 Å². The summed E-state index contributed by atoms with van der Waals surface area (Å²) in [5.41, 5.74) is 8.26. The second-order valence-corrected chi connectivity index (χ2v) is 8.13. The summed E-state index contributed by atoms with van der Waals surface area (Å²) in [6.07, 6.45) is -2.37. The number of hydrogen-bond acceptors (Lipinski definition) is 5. The molecule has 1 aliphatic carbocycles. The molecular formula is C20H26F3N5O3. The number of H-pyrrole nitrogens is 1. The Morgan fingerprint density at radius 1 is 1.35 bits per heavy atom. The van der Waals surface area contributed by atoms with Gasteiger partial charge in [-0.15, -0.1) is 0 Å². The van der Waals surface area contributed by atoms with Crippen LogP contribution in [0.5, 0.6) is 0 Å². The lowest BCUT2D eigenvalue weighted by atomic mass is 10.1. The normalized spacial score (nSPS) is 22.6. The van der Waals surface area contributed by atoms with Gasteiger partial charge in [-0.05, 0) is 37.5 Å². The number of benzene rings is 1. The molecular weight excluding hydrogens is 415 g/mol. The predicted octanol–water partition coefficient (Wildman–Crippen LogP) is 2.77. The first-order valence-corrected chi connectivity index (χ1v) is 10.2. The highest BCUT2D eigenvalue weighted by Crippen LogP contribution is 2.32. The van der Waals surface area contributed by atoms with E-state index < -0.39 is 36.9 Å². The average Bonchev–Trinajstić information content (AvgIpc) is 3.28. The zero-order chi connectivity index (χ0) is 22.3. The van der Waals surface area contributed by atoms with Crippen molar-refractivity contribution in [2.45, 2.75) is 56.3 Å². The minimum Gasteiger partial charge on any atom is -0.382 e. The Labute approximate surface area is 177 Å². The van der Waals surface area contributed by atoms with Crippen LogP contribution in [0.3, 0.4) is 0 Å². The minimum atomic E-state index is -4.52. The number of carbonyl (C=O) groups is 1. The van der Waals surface area contributed by atoms with Crippen molar-refractivity contribution in [2.75, 3.05) is 20.3 Å². The van der Waals surface area contributed by atoms with Gasteiger partial charge in [-0.1, -0.05) is 6.07 Å². The Morgan fingerprint density at radius 2 is 2.10 bits per heavy atom. The highest BCUT2D eigenvalue weighted by Gasteiger charge is 2.48. The molecule has 1 aliphatic heterocycles. The van der Waals surface area contributed by atoms with E-state index in [1.54, 1.807) is 18.2 Å². The maximum atomic E-state index is 13.1. The number of imidazole rings is 1. The Balaban J connectivity index is 1.57. The van der Waals surface area contributed by atoms with Crippen LogP contribution in [0.15, 0.2) is 18.2 Å². The van der Waals surface area contributed by atoms with Crippen LogP contribution in [-0.4, -0.2) is 65.6 Å². The third kappa shape index (κ3) is 4.63. The third-order valence-corrected chi connectivity index (χ3v) is 5.70. The van der Waals surface area contributed by atoms with Gasteiger partial charge < -0.3 is 30.4 Å². The molecule has 0 unspecified atom stereocenters. The van der Waals surface area contributed by atoms with Crippen LogP contribution in [0.4, 0.5) is 18.0 Å². The van der Waals surface area contributed by atoms with Gasteiger partial charge in [0.15, 0.2) is 0 Å². The number of fused-ring (bicyclic) bond motifs is 1. The summed E-state index contributed by atoms with van der Waals surface area (Å²) in [5, 5.41) is 2.00. The number of aromatic amines is 1. The fourth-order valence-corrected chi connectivity index (χ4v) is 3.76. The molecule has 2 fully saturated rings. The molecule has 170 valence electrons. The highest BCUT2D eigenvalue weighted by molar-refractivity contribution is 5.79. The molecule has 31 heavy (non-hydrogen) atoms. The van der Waals surface area contributed by atoms with E-state index in [1.165, 1.54) is 7.11 Å². The fourth-order valence-electron chi connectivity index (χ4n) is 3.76. The smallest absolute Gasteiger partial charge is 0.382 e. The summed E-state index contributed by atoms with van der Waals surface area (Å²) in [6.45, 7) is 1.47. The number of halogens is 3. The van der Waals surface area contributed by atoms with E-state index in [4.69, 9.17) is 15.2 Å². The first-order valence-electron chi connectivity index (χ1n) is 10.2. The molecule has 0 spiro atoms. The van der Waals surface area contributed by atoms with Gasteiger partial charge in [-0.25, -0.2) is 9.78 Å². The lowest BCUT2D eigenvalue weighted by molar-refractivity contribution is -0.150. The first-order chi connectivity index (χ1) is 14.7. The van der Waals surface area contributed by atoms with E-state index >= 15 is 0 Å². The molecule has 1 saturated heterocycles. The number of hydrogen-bond donors (Lipinski definition) is 3. The van der Waals surface area contributed by atoms with E-state index in [0.717, 1.165) is 23.3 Å². The first kappa shape index (κ1) is 21.8. The second-order valence-electron chi connectivity index (χ2n) is 8.13. The summed E-state index contributed by atoms with van der Waals surface area (Å²) in [4.78, 5) is 21.1. The van der Waals surface area contributed by atoms with Crippen molar-refractivity contribution in [3.05, 3.63) is 29.6 Å². The van der Waals surface area contributed by atoms with Crippen LogP contribution < -0.4 is 11.1 Å². The van der Waals surface area contributed by atoms with Crippen molar-refractivity contribution in [1.29, 1.82) is 0 Å². The summed E-state index contributed by atoms with van der Waals surface area (Å²) >= 11 is 0. The number of aromatic nitrogens is 2. The monoisotopic (exact) mass is 441 g/mol. The van der Waals surface area contributed by atoms with Gasteiger partial charge in [0, 0.05) is 7.11 Å². The fraction of sp³-hybridized carbons (Fsp3) is 0.600. The molecule has 1 aromatic heterocycles. The average molecular weight is 441 g/mol. The van der Waals surface area contributed by atoms with E-state index in [-0.39, 0.29) is 18.8 Å². The minimum absolute atomic E-state index is 0.0482. The maximum absolute atomic E-state index is 13.1. The third-order valence-electron chi connectivity index (χ3n) is 5.70. The number of nitrogens with zero attached hydrogens (tertiary/aromatic N) is 2. The van der Waals surface area contributed by atoms with Gasteiger partial charge in [-0.2, -0.15) is 13.2 Å². The molecule has 2 heterocycles. The topological polar surface area (TPSA) is 106 Å². The second kappa shape index (κ2) is 8.29. The summed E-state index contributed by atoms with van der Waals surface area (Å²) in [7, 11) is 1.44. The largest absolute Gasteiger partial charge is 0.410 e. The zero-order valence-corrected chi connectivity index (χ0v) is 17.3. The molecule has 2 amide bonds. The van der Waals surface area contributed by atoms with E-state index in [9.17, 15) is 18.0 Å². The van der Waals surface area contributed by atoms with Crippen LogP contribution in [-0.2, 0) is 9.47 Å². The molecule has 2 aliphatic rings. The van der Waals surface area contributed by atoms with Crippen LogP contribution >= 0.6 is 0 Å². The van der Waals surface area contributed by atoms with Gasteiger partial charge in [0.2, 0.25) is 0 Å². The molecule has 1 aromatic carbocycles. The lowest BCUT2D eigenvalue weighted by Gasteiger charge is -2.27. The quantitative estimate of drug-likeness (QED) is 0.584. The molecule has 8 nitrogen and oxygen atoms in total. The van der Waals surface area contributed by atoms with E-state index in [0.29, 0.717) is 16.9 Å². The number of amides is 2. The van der Waals surface area contributed by atoms with Crippen molar-refractivity contribution in [1.82, 2.24) is 20.2 Å². The number of nitrogens with one attached hydrogen (secondary N) is 2. The molecule has 4 rings (SSSR count).